The predicted molar refractivity (Wildman–Crippen MR) is 79.4 cm³/mol. The molecule has 0 amide bonds. The number of nitrogens with zero attached hydrogens (tertiary/aromatic N) is 3. The third-order valence-electron chi connectivity index (χ3n) is 4.89. The number of likely N-dealkylation sites (tertiary alicyclic amines) is 1. The highest BCUT2D eigenvalue weighted by molar-refractivity contribution is 4.89. The quantitative estimate of drug-likeness (QED) is 0.820. The summed E-state index contributed by atoms with van der Waals surface area (Å²) in [4.78, 5) is 7.42. The molecule has 0 aliphatic carbocycles. The molecule has 0 unspecified atom stereocenters. The van der Waals surface area contributed by atoms with Crippen LogP contribution in [0.3, 0.4) is 0 Å². The van der Waals surface area contributed by atoms with Gasteiger partial charge in [-0.15, -0.1) is 0 Å². The lowest BCUT2D eigenvalue weighted by atomic mass is 9.90. The predicted octanol–water partition coefficient (Wildman–Crippen LogP) is 0.859. The Morgan fingerprint density at radius 2 is 1.53 bits per heavy atom. The van der Waals surface area contributed by atoms with E-state index in [1.165, 1.54) is 0 Å². The number of piperidine rings is 1. The molecule has 0 spiro atoms. The fourth-order valence-corrected chi connectivity index (χ4v) is 3.30. The van der Waals surface area contributed by atoms with Crippen LogP contribution in [0.5, 0.6) is 0 Å². The Morgan fingerprint density at radius 3 is 2.00 bits per heavy atom. The largest absolute Gasteiger partial charge is 0.388 e. The SMILES string of the molecule is CCN1CCC(O)(CN2CCN(C(C)C)CC2)CC1. The molecule has 0 bridgehead atoms. The molecule has 0 atom stereocenters. The molecule has 19 heavy (non-hydrogen) atoms. The van der Waals surface area contributed by atoms with Gasteiger partial charge in [-0.1, -0.05) is 6.92 Å². The third kappa shape index (κ3) is 4.15. The van der Waals surface area contributed by atoms with Crippen LogP contribution in [0.25, 0.3) is 0 Å². The summed E-state index contributed by atoms with van der Waals surface area (Å²) >= 11 is 0. The molecular weight excluding hydrogens is 238 g/mol. The van der Waals surface area contributed by atoms with Gasteiger partial charge in [0.25, 0.3) is 0 Å². The van der Waals surface area contributed by atoms with Crippen molar-refractivity contribution in [2.45, 2.75) is 45.3 Å². The summed E-state index contributed by atoms with van der Waals surface area (Å²) in [5.41, 5.74) is -0.439. The van der Waals surface area contributed by atoms with Crippen LogP contribution in [-0.2, 0) is 0 Å². The highest BCUT2D eigenvalue weighted by Gasteiger charge is 2.34. The maximum Gasteiger partial charge on any atom is 0.0798 e. The standard InChI is InChI=1S/C15H31N3O/c1-4-16-7-5-15(19,6-8-16)13-17-9-11-18(12-10-17)14(2)3/h14,19H,4-13H2,1-3H3. The van der Waals surface area contributed by atoms with Crippen LogP contribution in [-0.4, -0.2) is 83.8 Å². The first-order chi connectivity index (χ1) is 9.02. The molecule has 0 aromatic carbocycles. The Labute approximate surface area is 118 Å². The van der Waals surface area contributed by atoms with E-state index in [0.717, 1.165) is 65.2 Å². The van der Waals surface area contributed by atoms with Crippen molar-refractivity contribution in [3.63, 3.8) is 0 Å². The molecule has 0 aromatic heterocycles. The van der Waals surface area contributed by atoms with Gasteiger partial charge >= 0.3 is 0 Å². The second kappa shape index (κ2) is 6.53. The first kappa shape index (κ1) is 15.2. The van der Waals surface area contributed by atoms with Crippen molar-refractivity contribution in [2.75, 3.05) is 52.4 Å². The summed E-state index contributed by atoms with van der Waals surface area (Å²) < 4.78 is 0. The number of hydrogen-bond acceptors (Lipinski definition) is 4. The van der Waals surface area contributed by atoms with Crippen LogP contribution in [0.1, 0.15) is 33.6 Å². The Hall–Kier alpha value is -0.160. The van der Waals surface area contributed by atoms with E-state index in [1.807, 2.05) is 0 Å². The smallest absolute Gasteiger partial charge is 0.0798 e. The molecule has 2 fully saturated rings. The zero-order chi connectivity index (χ0) is 13.9. The molecule has 4 nitrogen and oxygen atoms in total. The third-order valence-corrected chi connectivity index (χ3v) is 4.89. The Bertz CT molecular complexity index is 267. The topological polar surface area (TPSA) is 30.0 Å². The summed E-state index contributed by atoms with van der Waals surface area (Å²) in [5, 5.41) is 10.7. The van der Waals surface area contributed by atoms with Gasteiger partial charge in [-0.25, -0.2) is 0 Å². The Morgan fingerprint density at radius 1 is 0.947 bits per heavy atom. The van der Waals surface area contributed by atoms with Gasteiger partial charge in [0.1, 0.15) is 0 Å². The Balaban J connectivity index is 1.76. The van der Waals surface area contributed by atoms with Gasteiger partial charge in [0.05, 0.1) is 5.60 Å². The van der Waals surface area contributed by atoms with E-state index in [4.69, 9.17) is 0 Å². The Kier molecular flexibility index (Phi) is 5.23. The molecule has 4 heteroatoms. The van der Waals surface area contributed by atoms with Crippen LogP contribution in [0.2, 0.25) is 0 Å². The van der Waals surface area contributed by atoms with Gasteiger partial charge in [0.2, 0.25) is 0 Å². The first-order valence-electron chi connectivity index (χ1n) is 7.93. The maximum atomic E-state index is 10.7. The van der Waals surface area contributed by atoms with E-state index in [-0.39, 0.29) is 0 Å². The second-order valence-electron chi connectivity index (χ2n) is 6.56. The number of rotatable bonds is 4. The number of β-amino-alcohol motifs (C(OH)–C–C–N with tert-alkyl or cyclic N) is 1. The lowest BCUT2D eigenvalue weighted by Gasteiger charge is -2.43. The van der Waals surface area contributed by atoms with Crippen LogP contribution in [0.4, 0.5) is 0 Å². The molecule has 2 aliphatic rings. The fourth-order valence-electron chi connectivity index (χ4n) is 3.30. The average molecular weight is 269 g/mol. The van der Waals surface area contributed by atoms with Crippen molar-refractivity contribution in [3.8, 4) is 0 Å². The van der Waals surface area contributed by atoms with Crippen LogP contribution in [0, 0.1) is 0 Å². The molecule has 0 saturated carbocycles. The van der Waals surface area contributed by atoms with Crippen molar-refractivity contribution < 1.29 is 5.11 Å². The lowest BCUT2D eigenvalue weighted by Crippen LogP contribution is -2.55. The first-order valence-corrected chi connectivity index (χ1v) is 7.93. The van der Waals surface area contributed by atoms with Gasteiger partial charge in [-0.2, -0.15) is 0 Å². The molecule has 2 saturated heterocycles. The normalized spacial score (nSPS) is 27.0. The molecule has 2 aliphatic heterocycles. The van der Waals surface area contributed by atoms with Gasteiger partial charge < -0.3 is 10.0 Å². The second-order valence-corrected chi connectivity index (χ2v) is 6.56. The molecule has 1 N–H and O–H groups in total. The average Bonchev–Trinajstić information content (AvgIpc) is 2.40. The molecular formula is C15H31N3O. The summed E-state index contributed by atoms with van der Waals surface area (Å²) in [6.45, 7) is 15.3. The molecule has 2 heterocycles. The maximum absolute atomic E-state index is 10.7. The van der Waals surface area contributed by atoms with Gasteiger partial charge in [-0.3, -0.25) is 9.80 Å². The van der Waals surface area contributed by atoms with Gasteiger partial charge in [-0.05, 0) is 33.2 Å². The lowest BCUT2D eigenvalue weighted by molar-refractivity contribution is -0.0528. The van der Waals surface area contributed by atoms with Crippen LogP contribution >= 0.6 is 0 Å². The monoisotopic (exact) mass is 269 g/mol. The molecule has 0 aromatic rings. The van der Waals surface area contributed by atoms with Crippen LogP contribution in [0.15, 0.2) is 0 Å². The van der Waals surface area contributed by atoms with E-state index in [0.29, 0.717) is 6.04 Å². The highest BCUT2D eigenvalue weighted by atomic mass is 16.3. The van der Waals surface area contributed by atoms with E-state index < -0.39 is 5.60 Å². The van der Waals surface area contributed by atoms with Crippen molar-refractivity contribution in [1.29, 1.82) is 0 Å². The van der Waals surface area contributed by atoms with Gasteiger partial charge in [0.15, 0.2) is 0 Å². The van der Waals surface area contributed by atoms with E-state index in [1.54, 1.807) is 0 Å². The van der Waals surface area contributed by atoms with Crippen molar-refractivity contribution in [3.05, 3.63) is 0 Å². The van der Waals surface area contributed by atoms with Crippen LogP contribution < -0.4 is 0 Å². The molecule has 0 radical (unpaired) electrons. The van der Waals surface area contributed by atoms with E-state index in [9.17, 15) is 5.11 Å². The fraction of sp³-hybridized carbons (Fsp3) is 1.00. The minimum absolute atomic E-state index is 0.439. The summed E-state index contributed by atoms with van der Waals surface area (Å²) in [6.07, 6.45) is 1.87. The van der Waals surface area contributed by atoms with Crippen molar-refractivity contribution in [1.82, 2.24) is 14.7 Å². The minimum Gasteiger partial charge on any atom is -0.388 e. The molecule has 2 rings (SSSR count). The zero-order valence-electron chi connectivity index (χ0n) is 12.9. The van der Waals surface area contributed by atoms with E-state index in [2.05, 4.69) is 35.5 Å². The summed E-state index contributed by atoms with van der Waals surface area (Å²) in [5.74, 6) is 0. The number of piperazine rings is 1. The summed E-state index contributed by atoms with van der Waals surface area (Å²) in [7, 11) is 0. The minimum atomic E-state index is -0.439. The van der Waals surface area contributed by atoms with Crippen molar-refractivity contribution >= 4 is 0 Å². The highest BCUT2D eigenvalue weighted by Crippen LogP contribution is 2.23. The molecule has 112 valence electrons. The summed E-state index contributed by atoms with van der Waals surface area (Å²) in [6, 6.07) is 0.651. The number of hydrogen-bond donors (Lipinski definition) is 1. The van der Waals surface area contributed by atoms with Crippen molar-refractivity contribution in [2.24, 2.45) is 0 Å². The number of aliphatic hydroxyl groups is 1. The zero-order valence-corrected chi connectivity index (χ0v) is 12.9. The van der Waals surface area contributed by atoms with Gasteiger partial charge in [0, 0.05) is 51.9 Å². The van der Waals surface area contributed by atoms with E-state index >= 15 is 0 Å².